The molecule has 1 aromatic rings. The molecule has 22 heavy (non-hydrogen) atoms. The summed E-state index contributed by atoms with van der Waals surface area (Å²) in [6.45, 7) is 6.53. The van der Waals surface area contributed by atoms with E-state index in [0.717, 1.165) is 5.56 Å². The third kappa shape index (κ3) is 4.27. The van der Waals surface area contributed by atoms with Crippen LogP contribution in [-0.4, -0.2) is 53.8 Å². The average molecular weight is 307 g/mol. The van der Waals surface area contributed by atoms with Crippen molar-refractivity contribution in [2.75, 3.05) is 26.2 Å². The average Bonchev–Trinajstić information content (AvgIpc) is 2.53. The molecule has 2 rings (SSSR count). The summed E-state index contributed by atoms with van der Waals surface area (Å²) in [5.41, 5.74) is 0.864. The fourth-order valence-corrected chi connectivity index (χ4v) is 2.53. The van der Waals surface area contributed by atoms with Crippen LogP contribution in [0.3, 0.4) is 0 Å². The summed E-state index contributed by atoms with van der Waals surface area (Å²) in [4.78, 5) is 27.3. The summed E-state index contributed by atoms with van der Waals surface area (Å²) >= 11 is 0. The molecule has 0 bridgehead atoms. The Hall–Kier alpha value is -1.95. The monoisotopic (exact) mass is 307 g/mol. The van der Waals surface area contributed by atoms with Crippen LogP contribution in [0.15, 0.2) is 24.3 Å². The normalized spacial score (nSPS) is 17.1. The highest BCUT2D eigenvalue weighted by Gasteiger charge is 2.26. The van der Waals surface area contributed by atoms with Crippen molar-refractivity contribution in [3.8, 4) is 0 Å². The molecular formula is C16H22FN3O2. The largest absolute Gasteiger partial charge is 0.351 e. The van der Waals surface area contributed by atoms with Crippen LogP contribution in [0.5, 0.6) is 0 Å². The second-order valence-electron chi connectivity index (χ2n) is 5.56. The van der Waals surface area contributed by atoms with Gasteiger partial charge in [-0.1, -0.05) is 12.1 Å². The summed E-state index contributed by atoms with van der Waals surface area (Å²) in [6, 6.07) is 5.84. The number of benzene rings is 1. The number of hydrogen-bond donors (Lipinski definition) is 1. The van der Waals surface area contributed by atoms with Gasteiger partial charge in [-0.05, 0) is 24.6 Å². The van der Waals surface area contributed by atoms with Gasteiger partial charge < -0.3 is 10.2 Å². The van der Waals surface area contributed by atoms with Gasteiger partial charge in [0.05, 0.1) is 6.04 Å². The van der Waals surface area contributed by atoms with E-state index in [1.54, 1.807) is 24.0 Å². The van der Waals surface area contributed by atoms with Crippen LogP contribution in [0.1, 0.15) is 19.4 Å². The highest BCUT2D eigenvalue weighted by Crippen LogP contribution is 2.08. The molecule has 6 heteroatoms. The standard InChI is InChI=1S/C16H22FN3O2/c1-12(19-7-9-20(10-8-19)13(2)21)16(22)18-11-14-3-5-15(17)6-4-14/h3-6,12H,7-11H2,1-2H3,(H,18,22)/t12-/m0/s1. The number of nitrogens with zero attached hydrogens (tertiary/aromatic N) is 2. The number of carbonyl (C=O) groups excluding carboxylic acids is 2. The molecule has 0 radical (unpaired) electrons. The van der Waals surface area contributed by atoms with Crippen LogP contribution >= 0.6 is 0 Å². The zero-order valence-corrected chi connectivity index (χ0v) is 13.0. The first-order chi connectivity index (χ1) is 10.5. The number of hydrogen-bond acceptors (Lipinski definition) is 3. The molecule has 1 aliphatic heterocycles. The molecule has 0 unspecified atom stereocenters. The minimum Gasteiger partial charge on any atom is -0.351 e. The predicted molar refractivity (Wildman–Crippen MR) is 81.5 cm³/mol. The van der Waals surface area contributed by atoms with E-state index in [4.69, 9.17) is 0 Å². The van der Waals surface area contributed by atoms with E-state index in [0.29, 0.717) is 32.7 Å². The lowest BCUT2D eigenvalue weighted by Gasteiger charge is -2.37. The molecule has 0 aromatic heterocycles. The molecule has 5 nitrogen and oxygen atoms in total. The van der Waals surface area contributed by atoms with Crippen LogP contribution in [0.4, 0.5) is 4.39 Å². The Morgan fingerprint density at radius 1 is 1.18 bits per heavy atom. The van der Waals surface area contributed by atoms with E-state index in [2.05, 4.69) is 10.2 Å². The van der Waals surface area contributed by atoms with Gasteiger partial charge in [0.1, 0.15) is 5.82 Å². The Morgan fingerprint density at radius 2 is 1.77 bits per heavy atom. The molecule has 2 amide bonds. The molecule has 1 N–H and O–H groups in total. The van der Waals surface area contributed by atoms with E-state index in [-0.39, 0.29) is 23.7 Å². The second kappa shape index (κ2) is 7.35. The van der Waals surface area contributed by atoms with Gasteiger partial charge >= 0.3 is 0 Å². The number of nitrogens with one attached hydrogen (secondary N) is 1. The van der Waals surface area contributed by atoms with Crippen molar-refractivity contribution in [2.24, 2.45) is 0 Å². The fourth-order valence-electron chi connectivity index (χ4n) is 2.53. The molecule has 0 spiro atoms. The summed E-state index contributed by atoms with van der Waals surface area (Å²) in [5.74, 6) is -0.263. The molecule has 120 valence electrons. The molecular weight excluding hydrogens is 285 g/mol. The summed E-state index contributed by atoms with van der Waals surface area (Å²) in [6.07, 6.45) is 0. The zero-order chi connectivity index (χ0) is 16.1. The van der Waals surface area contributed by atoms with Gasteiger partial charge in [0.2, 0.25) is 11.8 Å². The number of amides is 2. The number of rotatable bonds is 4. The maximum Gasteiger partial charge on any atom is 0.237 e. The Kier molecular flexibility index (Phi) is 5.49. The Labute approximate surface area is 130 Å². The quantitative estimate of drug-likeness (QED) is 0.903. The molecule has 1 heterocycles. The summed E-state index contributed by atoms with van der Waals surface area (Å²) < 4.78 is 12.8. The molecule has 1 atom stereocenters. The molecule has 1 aromatic carbocycles. The lowest BCUT2D eigenvalue weighted by molar-refractivity contribution is -0.132. The molecule has 0 aliphatic carbocycles. The van der Waals surface area contributed by atoms with Crippen LogP contribution in [0.2, 0.25) is 0 Å². The molecule has 0 saturated carbocycles. The van der Waals surface area contributed by atoms with Gasteiger partial charge in [0.15, 0.2) is 0 Å². The first-order valence-electron chi connectivity index (χ1n) is 7.49. The minimum atomic E-state index is -0.285. The molecule has 1 aliphatic rings. The Bertz CT molecular complexity index is 525. The first kappa shape index (κ1) is 16.4. The Morgan fingerprint density at radius 3 is 2.32 bits per heavy atom. The highest BCUT2D eigenvalue weighted by atomic mass is 19.1. The van der Waals surface area contributed by atoms with Crippen LogP contribution in [0, 0.1) is 5.82 Å². The van der Waals surface area contributed by atoms with Crippen molar-refractivity contribution in [1.82, 2.24) is 15.1 Å². The third-order valence-corrected chi connectivity index (χ3v) is 4.07. The van der Waals surface area contributed by atoms with Gasteiger partial charge in [0.25, 0.3) is 0 Å². The Balaban J connectivity index is 1.80. The molecule has 1 fully saturated rings. The third-order valence-electron chi connectivity index (χ3n) is 4.07. The van der Waals surface area contributed by atoms with Crippen molar-refractivity contribution in [1.29, 1.82) is 0 Å². The van der Waals surface area contributed by atoms with Crippen molar-refractivity contribution in [2.45, 2.75) is 26.4 Å². The summed E-state index contributed by atoms with van der Waals surface area (Å²) in [7, 11) is 0. The maximum atomic E-state index is 12.8. The number of halogens is 1. The maximum absolute atomic E-state index is 12.8. The van der Waals surface area contributed by atoms with Crippen LogP contribution < -0.4 is 5.32 Å². The lowest BCUT2D eigenvalue weighted by Crippen LogP contribution is -2.54. The van der Waals surface area contributed by atoms with Crippen molar-refractivity contribution in [3.63, 3.8) is 0 Å². The predicted octanol–water partition coefficient (Wildman–Crippen LogP) is 0.994. The van der Waals surface area contributed by atoms with Crippen molar-refractivity contribution >= 4 is 11.8 Å². The first-order valence-corrected chi connectivity index (χ1v) is 7.49. The second-order valence-corrected chi connectivity index (χ2v) is 5.56. The topological polar surface area (TPSA) is 52.7 Å². The highest BCUT2D eigenvalue weighted by molar-refractivity contribution is 5.81. The van der Waals surface area contributed by atoms with Crippen LogP contribution in [-0.2, 0) is 16.1 Å². The van der Waals surface area contributed by atoms with Gasteiger partial charge in [-0.25, -0.2) is 4.39 Å². The van der Waals surface area contributed by atoms with Crippen molar-refractivity contribution in [3.05, 3.63) is 35.6 Å². The van der Waals surface area contributed by atoms with E-state index in [1.165, 1.54) is 12.1 Å². The van der Waals surface area contributed by atoms with E-state index in [9.17, 15) is 14.0 Å². The molecule has 1 saturated heterocycles. The van der Waals surface area contributed by atoms with Gasteiger partial charge in [-0.2, -0.15) is 0 Å². The zero-order valence-electron chi connectivity index (χ0n) is 13.0. The van der Waals surface area contributed by atoms with E-state index < -0.39 is 0 Å². The van der Waals surface area contributed by atoms with E-state index >= 15 is 0 Å². The summed E-state index contributed by atoms with van der Waals surface area (Å²) in [5, 5.41) is 2.87. The minimum absolute atomic E-state index is 0.0550. The van der Waals surface area contributed by atoms with Gasteiger partial charge in [-0.3, -0.25) is 14.5 Å². The van der Waals surface area contributed by atoms with E-state index in [1.807, 2.05) is 6.92 Å². The fraction of sp³-hybridized carbons (Fsp3) is 0.500. The van der Waals surface area contributed by atoms with Gasteiger partial charge in [0, 0.05) is 39.6 Å². The van der Waals surface area contributed by atoms with Crippen LogP contribution in [0.25, 0.3) is 0 Å². The van der Waals surface area contributed by atoms with Gasteiger partial charge in [-0.15, -0.1) is 0 Å². The smallest absolute Gasteiger partial charge is 0.237 e. The van der Waals surface area contributed by atoms with Crippen molar-refractivity contribution < 1.29 is 14.0 Å². The SMILES string of the molecule is CC(=O)N1CCN([C@@H](C)C(=O)NCc2ccc(F)cc2)CC1. The number of piperazine rings is 1. The lowest BCUT2D eigenvalue weighted by atomic mass is 10.2. The number of carbonyl (C=O) groups is 2.